The smallest absolute Gasteiger partial charge is 0.259 e. The molecule has 25 heavy (non-hydrogen) atoms. The zero-order chi connectivity index (χ0) is 17.8. The van der Waals surface area contributed by atoms with Crippen molar-refractivity contribution >= 4 is 28.9 Å². The maximum absolute atomic E-state index is 12.5. The minimum Gasteiger partial charge on any atom is -0.496 e. The fourth-order valence-corrected chi connectivity index (χ4v) is 3.22. The highest BCUT2D eigenvalue weighted by atomic mass is 35.5. The van der Waals surface area contributed by atoms with Gasteiger partial charge in [0.1, 0.15) is 5.75 Å². The fourth-order valence-electron chi connectivity index (χ4n) is 2.92. The first-order valence-corrected chi connectivity index (χ1v) is 8.63. The second-order valence-electron chi connectivity index (χ2n) is 6.11. The number of para-hydroxylation sites is 1. The van der Waals surface area contributed by atoms with Crippen LogP contribution in [-0.4, -0.2) is 51.1 Å². The number of carbonyl (C=O) groups is 1. The van der Waals surface area contributed by atoms with Crippen LogP contribution in [0.25, 0.3) is 0 Å². The molecule has 0 radical (unpaired) electrons. The van der Waals surface area contributed by atoms with Crippen LogP contribution >= 0.6 is 11.6 Å². The predicted octanol–water partition coefficient (Wildman–Crippen LogP) is 3.35. The summed E-state index contributed by atoms with van der Waals surface area (Å²) in [5, 5.41) is 3.52. The first-order valence-electron chi connectivity index (χ1n) is 8.26. The number of methoxy groups -OCH3 is 1. The maximum Gasteiger partial charge on any atom is 0.259 e. The lowest BCUT2D eigenvalue weighted by atomic mass is 10.1. The quantitative estimate of drug-likeness (QED) is 0.909. The number of benzene rings is 2. The third-order valence-electron chi connectivity index (χ3n) is 4.40. The van der Waals surface area contributed by atoms with Crippen molar-refractivity contribution in [3.8, 4) is 5.75 Å². The van der Waals surface area contributed by atoms with Crippen molar-refractivity contribution in [3.63, 3.8) is 0 Å². The summed E-state index contributed by atoms with van der Waals surface area (Å²) in [5.74, 6) is 0.320. The molecule has 1 saturated heterocycles. The molecule has 0 aromatic heterocycles. The number of likely N-dealkylation sites (N-methyl/N-ethyl adjacent to an activating group) is 1. The molecular weight excluding hydrogens is 338 g/mol. The molecule has 1 amide bonds. The van der Waals surface area contributed by atoms with Crippen LogP contribution in [0.1, 0.15) is 10.4 Å². The molecule has 0 atom stereocenters. The Morgan fingerprint density at radius 3 is 2.52 bits per heavy atom. The molecule has 0 bridgehead atoms. The Balaban J connectivity index is 1.73. The Hall–Kier alpha value is -2.24. The fraction of sp³-hybridized carbons (Fsp3) is 0.316. The van der Waals surface area contributed by atoms with Crippen LogP contribution in [0.4, 0.5) is 11.4 Å². The van der Waals surface area contributed by atoms with Crippen LogP contribution < -0.4 is 15.0 Å². The van der Waals surface area contributed by atoms with Gasteiger partial charge in [-0.3, -0.25) is 4.79 Å². The monoisotopic (exact) mass is 359 g/mol. The summed E-state index contributed by atoms with van der Waals surface area (Å²) in [6.07, 6.45) is 0. The highest BCUT2D eigenvalue weighted by molar-refractivity contribution is 6.33. The van der Waals surface area contributed by atoms with Crippen molar-refractivity contribution < 1.29 is 9.53 Å². The number of nitrogens with one attached hydrogen (secondary N) is 1. The molecule has 2 aromatic carbocycles. The number of hydrogen-bond acceptors (Lipinski definition) is 4. The van der Waals surface area contributed by atoms with E-state index in [1.807, 2.05) is 18.2 Å². The third-order valence-corrected chi connectivity index (χ3v) is 4.70. The number of anilines is 2. The number of carbonyl (C=O) groups excluding carboxylic acids is 1. The number of halogens is 1. The number of hydrogen-bond donors (Lipinski definition) is 1. The Morgan fingerprint density at radius 1 is 1.12 bits per heavy atom. The van der Waals surface area contributed by atoms with Gasteiger partial charge in [-0.25, -0.2) is 0 Å². The molecule has 1 heterocycles. The Bertz CT molecular complexity index is 758. The third kappa shape index (κ3) is 4.06. The van der Waals surface area contributed by atoms with Crippen LogP contribution in [0.5, 0.6) is 5.75 Å². The van der Waals surface area contributed by atoms with Gasteiger partial charge in [-0.2, -0.15) is 0 Å². The summed E-state index contributed by atoms with van der Waals surface area (Å²) in [6.45, 7) is 3.93. The Labute approximate surface area is 153 Å². The predicted molar refractivity (Wildman–Crippen MR) is 102 cm³/mol. The first-order chi connectivity index (χ1) is 12.1. The van der Waals surface area contributed by atoms with Crippen LogP contribution in [0.2, 0.25) is 5.02 Å². The second kappa shape index (κ2) is 7.76. The van der Waals surface area contributed by atoms with Crippen LogP contribution in [0.3, 0.4) is 0 Å². The van der Waals surface area contributed by atoms with E-state index in [1.54, 1.807) is 31.4 Å². The van der Waals surface area contributed by atoms with E-state index in [2.05, 4.69) is 22.2 Å². The summed E-state index contributed by atoms with van der Waals surface area (Å²) in [4.78, 5) is 17.0. The van der Waals surface area contributed by atoms with E-state index in [1.165, 1.54) is 0 Å². The van der Waals surface area contributed by atoms with Gasteiger partial charge >= 0.3 is 0 Å². The summed E-state index contributed by atoms with van der Waals surface area (Å²) in [6, 6.07) is 12.8. The van der Waals surface area contributed by atoms with E-state index < -0.39 is 0 Å². The molecule has 1 aliphatic rings. The zero-order valence-corrected chi connectivity index (χ0v) is 15.2. The largest absolute Gasteiger partial charge is 0.496 e. The summed E-state index contributed by atoms with van der Waals surface area (Å²) in [5.41, 5.74) is 2.16. The number of ether oxygens (including phenoxy) is 1. The molecule has 0 unspecified atom stereocenters. The number of amides is 1. The maximum atomic E-state index is 12.5. The highest BCUT2D eigenvalue weighted by Gasteiger charge is 2.17. The van der Waals surface area contributed by atoms with Gasteiger partial charge < -0.3 is 19.9 Å². The van der Waals surface area contributed by atoms with E-state index in [-0.39, 0.29) is 5.91 Å². The Morgan fingerprint density at radius 2 is 1.84 bits per heavy atom. The standard InChI is InChI=1S/C19H22ClN3O2/c1-22-9-11-23(12-10-22)17-8-7-14(13-16(17)20)21-19(24)15-5-3-4-6-18(15)25-2/h3-8,13H,9-12H2,1-2H3,(H,21,24). The normalized spacial score (nSPS) is 15.1. The van der Waals surface area contributed by atoms with Crippen LogP contribution in [0, 0.1) is 0 Å². The molecule has 1 fully saturated rings. The molecule has 0 aliphatic carbocycles. The second-order valence-corrected chi connectivity index (χ2v) is 6.52. The van der Waals surface area contributed by atoms with Crippen LogP contribution in [0.15, 0.2) is 42.5 Å². The molecule has 1 N–H and O–H groups in total. The minimum atomic E-state index is -0.221. The van der Waals surface area contributed by atoms with Crippen molar-refractivity contribution in [2.45, 2.75) is 0 Å². The van der Waals surface area contributed by atoms with Gasteiger partial charge in [0.25, 0.3) is 5.91 Å². The highest BCUT2D eigenvalue weighted by Crippen LogP contribution is 2.30. The number of nitrogens with zero attached hydrogens (tertiary/aromatic N) is 2. The molecule has 6 heteroatoms. The molecule has 3 rings (SSSR count). The topological polar surface area (TPSA) is 44.8 Å². The van der Waals surface area contributed by atoms with Gasteiger partial charge in [-0.1, -0.05) is 23.7 Å². The van der Waals surface area contributed by atoms with Crippen molar-refractivity contribution in [2.24, 2.45) is 0 Å². The Kier molecular flexibility index (Phi) is 5.46. The van der Waals surface area contributed by atoms with E-state index in [0.29, 0.717) is 22.0 Å². The number of rotatable bonds is 4. The van der Waals surface area contributed by atoms with Gasteiger partial charge in [0.15, 0.2) is 0 Å². The summed E-state index contributed by atoms with van der Waals surface area (Å²) < 4.78 is 5.24. The minimum absolute atomic E-state index is 0.221. The average Bonchev–Trinajstić information content (AvgIpc) is 2.63. The lowest BCUT2D eigenvalue weighted by Gasteiger charge is -2.34. The van der Waals surface area contributed by atoms with E-state index in [4.69, 9.17) is 16.3 Å². The zero-order valence-electron chi connectivity index (χ0n) is 14.5. The van der Waals surface area contributed by atoms with Crippen molar-refractivity contribution in [2.75, 3.05) is 50.6 Å². The molecule has 5 nitrogen and oxygen atoms in total. The lowest BCUT2D eigenvalue weighted by Crippen LogP contribution is -2.44. The molecular formula is C19H22ClN3O2. The molecule has 0 spiro atoms. The lowest BCUT2D eigenvalue weighted by molar-refractivity contribution is 0.102. The molecule has 1 aliphatic heterocycles. The van der Waals surface area contributed by atoms with Gasteiger partial charge in [0.05, 0.1) is 23.4 Å². The molecule has 0 saturated carbocycles. The SMILES string of the molecule is COc1ccccc1C(=O)Nc1ccc(N2CCN(C)CC2)c(Cl)c1. The average molecular weight is 360 g/mol. The first kappa shape index (κ1) is 17.6. The van der Waals surface area contributed by atoms with E-state index in [9.17, 15) is 4.79 Å². The van der Waals surface area contributed by atoms with E-state index >= 15 is 0 Å². The van der Waals surface area contributed by atoms with Crippen molar-refractivity contribution in [3.05, 3.63) is 53.1 Å². The molecule has 2 aromatic rings. The summed E-state index contributed by atoms with van der Waals surface area (Å²) in [7, 11) is 3.67. The van der Waals surface area contributed by atoms with Crippen molar-refractivity contribution in [1.82, 2.24) is 4.90 Å². The molecule has 132 valence electrons. The van der Waals surface area contributed by atoms with Gasteiger partial charge in [0.2, 0.25) is 0 Å². The summed E-state index contributed by atoms with van der Waals surface area (Å²) >= 11 is 6.46. The van der Waals surface area contributed by atoms with Gasteiger partial charge in [0, 0.05) is 31.9 Å². The van der Waals surface area contributed by atoms with Crippen LogP contribution in [-0.2, 0) is 0 Å². The van der Waals surface area contributed by atoms with E-state index in [0.717, 1.165) is 31.9 Å². The van der Waals surface area contributed by atoms with Gasteiger partial charge in [-0.05, 0) is 37.4 Å². The van der Waals surface area contributed by atoms with Gasteiger partial charge in [-0.15, -0.1) is 0 Å². The number of piperazine rings is 1. The van der Waals surface area contributed by atoms with Crippen molar-refractivity contribution in [1.29, 1.82) is 0 Å².